The predicted molar refractivity (Wildman–Crippen MR) is 90.8 cm³/mol. The van der Waals surface area contributed by atoms with Gasteiger partial charge in [0.25, 0.3) is 5.91 Å². The van der Waals surface area contributed by atoms with Crippen LogP contribution in [0.5, 0.6) is 0 Å². The van der Waals surface area contributed by atoms with Gasteiger partial charge in [-0.2, -0.15) is 0 Å². The van der Waals surface area contributed by atoms with Crippen LogP contribution >= 0.6 is 0 Å². The lowest BCUT2D eigenvalue weighted by Crippen LogP contribution is -2.33. The molecule has 2 aromatic rings. The number of ether oxygens (including phenoxy) is 1. The summed E-state index contributed by atoms with van der Waals surface area (Å²) in [6.45, 7) is 0. The number of carbonyl (C=O) groups is 2. The van der Waals surface area contributed by atoms with Gasteiger partial charge in [0.05, 0.1) is 6.07 Å². The van der Waals surface area contributed by atoms with Crippen molar-refractivity contribution >= 4 is 23.8 Å². The molecule has 134 valence electrons. The number of furan rings is 1. The maximum atomic E-state index is 12.4. The minimum atomic E-state index is -1.07. The van der Waals surface area contributed by atoms with Gasteiger partial charge in [-0.15, -0.1) is 0 Å². The highest BCUT2D eigenvalue weighted by Gasteiger charge is 2.30. The summed E-state index contributed by atoms with van der Waals surface area (Å²) in [7, 11) is 0. The van der Waals surface area contributed by atoms with E-state index < -0.39 is 22.9 Å². The van der Waals surface area contributed by atoms with Crippen molar-refractivity contribution in [1.29, 1.82) is 0 Å². The Bertz CT molecular complexity index is 838. The van der Waals surface area contributed by atoms with E-state index in [1.807, 2.05) is 0 Å². The Morgan fingerprint density at radius 1 is 1.23 bits per heavy atom. The van der Waals surface area contributed by atoms with Gasteiger partial charge < -0.3 is 14.5 Å². The maximum Gasteiger partial charge on any atom is 0.433 e. The molecule has 1 fully saturated rings. The largest absolute Gasteiger partial charge is 0.444 e. The lowest BCUT2D eigenvalue weighted by atomic mass is 10.1. The molecule has 26 heavy (non-hydrogen) atoms. The van der Waals surface area contributed by atoms with Gasteiger partial charge in [0, 0.05) is 17.7 Å². The van der Waals surface area contributed by atoms with E-state index in [0.29, 0.717) is 5.56 Å². The summed E-state index contributed by atoms with van der Waals surface area (Å²) in [6.07, 6.45) is 3.07. The Balaban J connectivity index is 1.68. The van der Waals surface area contributed by atoms with Crippen LogP contribution in [0.1, 0.15) is 30.3 Å². The third kappa shape index (κ3) is 4.56. The van der Waals surface area contributed by atoms with Crippen molar-refractivity contribution in [3.63, 3.8) is 0 Å². The van der Waals surface area contributed by atoms with E-state index in [-0.39, 0.29) is 17.7 Å². The molecular formula is C18H16N2O6. The second-order valence-electron chi connectivity index (χ2n) is 5.78. The van der Waals surface area contributed by atoms with Crippen molar-refractivity contribution in [2.24, 2.45) is 0 Å². The number of rotatable bonds is 7. The van der Waals surface area contributed by atoms with E-state index in [2.05, 4.69) is 5.32 Å². The van der Waals surface area contributed by atoms with E-state index >= 15 is 0 Å². The molecule has 0 unspecified atom stereocenters. The van der Waals surface area contributed by atoms with Crippen LogP contribution in [0.25, 0.3) is 6.08 Å². The quantitative estimate of drug-likeness (QED) is 0.353. The van der Waals surface area contributed by atoms with Crippen molar-refractivity contribution in [1.82, 2.24) is 5.32 Å². The molecule has 0 bridgehead atoms. The molecule has 1 aromatic carbocycles. The standard InChI is InChI=1S/C18H16N2O6/c21-16(11-9-14-8-10-15(25-14)20(23)24)26-17(12-4-2-1-3-5-12)18(22)19-13-6-7-13/h1-5,8-11,13,17H,6-7H2,(H,19,22)/b11-9+/t17-/m0/s1. The number of nitrogens with one attached hydrogen (secondary N) is 1. The van der Waals surface area contributed by atoms with Gasteiger partial charge in [-0.25, -0.2) is 4.79 Å². The lowest BCUT2D eigenvalue weighted by Gasteiger charge is -2.17. The van der Waals surface area contributed by atoms with Gasteiger partial charge in [-0.1, -0.05) is 30.3 Å². The number of amides is 1. The van der Waals surface area contributed by atoms with E-state index in [9.17, 15) is 19.7 Å². The molecule has 1 aromatic heterocycles. The second-order valence-corrected chi connectivity index (χ2v) is 5.78. The molecule has 1 aliphatic rings. The number of carbonyl (C=O) groups excluding carboxylic acids is 2. The number of benzene rings is 1. The number of hydrogen-bond donors (Lipinski definition) is 1. The minimum Gasteiger partial charge on any atom is -0.444 e. The molecule has 8 nitrogen and oxygen atoms in total. The Kier molecular flexibility index (Phi) is 5.12. The van der Waals surface area contributed by atoms with Crippen molar-refractivity contribution in [3.05, 3.63) is 70.0 Å². The Morgan fingerprint density at radius 3 is 2.58 bits per heavy atom. The first-order valence-electron chi connectivity index (χ1n) is 8.01. The zero-order valence-electron chi connectivity index (χ0n) is 13.7. The zero-order valence-corrected chi connectivity index (χ0v) is 13.7. The summed E-state index contributed by atoms with van der Waals surface area (Å²) in [5.74, 6) is -1.44. The molecular weight excluding hydrogens is 340 g/mol. The minimum absolute atomic E-state index is 0.131. The van der Waals surface area contributed by atoms with E-state index in [0.717, 1.165) is 18.9 Å². The van der Waals surface area contributed by atoms with Gasteiger partial charge >= 0.3 is 11.9 Å². The molecule has 0 saturated heterocycles. The molecule has 1 saturated carbocycles. The van der Waals surface area contributed by atoms with Crippen LogP contribution in [0.2, 0.25) is 0 Å². The van der Waals surface area contributed by atoms with Crippen molar-refractivity contribution < 1.29 is 23.7 Å². The van der Waals surface area contributed by atoms with E-state index in [4.69, 9.17) is 9.15 Å². The highest BCUT2D eigenvalue weighted by atomic mass is 16.6. The number of hydrogen-bond acceptors (Lipinski definition) is 6. The summed E-state index contributed by atoms with van der Waals surface area (Å²) >= 11 is 0. The fourth-order valence-electron chi connectivity index (χ4n) is 2.24. The summed E-state index contributed by atoms with van der Waals surface area (Å²) in [4.78, 5) is 34.4. The van der Waals surface area contributed by atoms with Crippen LogP contribution in [0, 0.1) is 10.1 Å². The molecule has 1 N–H and O–H groups in total. The van der Waals surface area contributed by atoms with Crippen LogP contribution in [0.3, 0.4) is 0 Å². The second kappa shape index (κ2) is 7.64. The monoisotopic (exact) mass is 356 g/mol. The first-order chi connectivity index (χ1) is 12.5. The molecule has 1 atom stereocenters. The first kappa shape index (κ1) is 17.4. The summed E-state index contributed by atoms with van der Waals surface area (Å²) in [5.41, 5.74) is 0.557. The Hall–Kier alpha value is -3.42. The van der Waals surface area contributed by atoms with Crippen LogP contribution in [-0.4, -0.2) is 22.8 Å². The van der Waals surface area contributed by atoms with Crippen LogP contribution in [0.4, 0.5) is 5.88 Å². The van der Waals surface area contributed by atoms with E-state index in [1.165, 1.54) is 18.2 Å². The first-order valence-corrected chi connectivity index (χ1v) is 8.01. The Labute approximate surface area is 148 Å². The van der Waals surface area contributed by atoms with Gasteiger partial charge in [0.2, 0.25) is 6.10 Å². The summed E-state index contributed by atoms with van der Waals surface area (Å²) in [5, 5.41) is 13.4. The third-order valence-electron chi connectivity index (χ3n) is 3.67. The van der Waals surface area contributed by atoms with Crippen LogP contribution < -0.4 is 5.32 Å². The fourth-order valence-corrected chi connectivity index (χ4v) is 2.24. The summed E-state index contributed by atoms with van der Waals surface area (Å²) in [6, 6.07) is 11.4. The van der Waals surface area contributed by atoms with Crippen molar-refractivity contribution in [2.45, 2.75) is 25.0 Å². The molecule has 3 rings (SSSR count). The van der Waals surface area contributed by atoms with E-state index in [1.54, 1.807) is 30.3 Å². The van der Waals surface area contributed by atoms with Crippen molar-refractivity contribution in [3.8, 4) is 0 Å². The zero-order chi connectivity index (χ0) is 18.5. The number of nitrogens with zero attached hydrogens (tertiary/aromatic N) is 1. The summed E-state index contributed by atoms with van der Waals surface area (Å²) < 4.78 is 10.2. The highest BCUT2D eigenvalue weighted by Crippen LogP contribution is 2.23. The highest BCUT2D eigenvalue weighted by molar-refractivity contribution is 5.90. The van der Waals surface area contributed by atoms with Crippen molar-refractivity contribution in [2.75, 3.05) is 0 Å². The average Bonchev–Trinajstić information content (AvgIpc) is 3.31. The number of esters is 1. The van der Waals surface area contributed by atoms with Gasteiger partial charge in [-0.3, -0.25) is 14.9 Å². The predicted octanol–water partition coefficient (Wildman–Crippen LogP) is 2.76. The van der Waals surface area contributed by atoms with Gasteiger partial charge in [0.15, 0.2) is 0 Å². The molecule has 8 heteroatoms. The molecule has 1 amide bonds. The molecule has 0 spiro atoms. The third-order valence-corrected chi connectivity index (χ3v) is 3.67. The molecule has 1 aliphatic carbocycles. The van der Waals surface area contributed by atoms with Crippen LogP contribution in [0.15, 0.2) is 53.0 Å². The van der Waals surface area contributed by atoms with Crippen LogP contribution in [-0.2, 0) is 14.3 Å². The molecule has 0 radical (unpaired) electrons. The topological polar surface area (TPSA) is 112 Å². The molecule has 1 heterocycles. The normalized spacial score (nSPS) is 14.8. The average molecular weight is 356 g/mol. The Morgan fingerprint density at radius 2 is 1.96 bits per heavy atom. The molecule has 0 aliphatic heterocycles. The smallest absolute Gasteiger partial charge is 0.433 e. The van der Waals surface area contributed by atoms with Gasteiger partial charge in [0.1, 0.15) is 10.7 Å². The maximum absolute atomic E-state index is 12.4. The lowest BCUT2D eigenvalue weighted by molar-refractivity contribution is -0.402. The number of nitro groups is 1. The SMILES string of the molecule is O=C(/C=C/c1ccc([N+](=O)[O-])o1)O[C@H](C(=O)NC1CC1)c1ccccc1. The van der Waals surface area contributed by atoms with Gasteiger partial charge in [-0.05, 0) is 25.0 Å². The fraction of sp³-hybridized carbons (Fsp3) is 0.222.